The zero-order valence-corrected chi connectivity index (χ0v) is 16.2. The van der Waals surface area contributed by atoms with E-state index in [1.165, 1.54) is 17.8 Å². The average Bonchev–Trinajstić information content (AvgIpc) is 2.68. The first-order valence-corrected chi connectivity index (χ1v) is 9.83. The van der Waals surface area contributed by atoms with Crippen LogP contribution in [0.4, 0.5) is 24.5 Å². The van der Waals surface area contributed by atoms with Crippen molar-refractivity contribution in [3.05, 3.63) is 72.8 Å². The van der Waals surface area contributed by atoms with E-state index >= 15 is 0 Å². The van der Waals surface area contributed by atoms with E-state index < -0.39 is 11.7 Å². The van der Waals surface area contributed by atoms with Gasteiger partial charge in [-0.2, -0.15) is 13.2 Å². The minimum atomic E-state index is -4.35. The molecule has 2 heterocycles. The van der Waals surface area contributed by atoms with Crippen molar-refractivity contribution in [2.75, 3.05) is 25.0 Å². The van der Waals surface area contributed by atoms with Crippen molar-refractivity contribution in [1.82, 2.24) is 9.80 Å². The van der Waals surface area contributed by atoms with E-state index in [9.17, 15) is 13.2 Å². The summed E-state index contributed by atoms with van der Waals surface area (Å²) in [6.45, 7) is 1.43. The van der Waals surface area contributed by atoms with Gasteiger partial charge in [0.05, 0.1) is 16.9 Å². The quantitative estimate of drug-likeness (QED) is 0.630. The van der Waals surface area contributed by atoms with Crippen LogP contribution in [0.15, 0.2) is 77.1 Å². The lowest BCUT2D eigenvalue weighted by atomic mass is 10.1. The molecule has 0 spiro atoms. The number of rotatable bonds is 4. The minimum absolute atomic E-state index is 0.610. The van der Waals surface area contributed by atoms with Crippen LogP contribution in [0.3, 0.4) is 0 Å². The van der Waals surface area contributed by atoms with Crippen molar-refractivity contribution in [2.45, 2.75) is 22.4 Å². The molecule has 0 aromatic heterocycles. The van der Waals surface area contributed by atoms with Crippen LogP contribution < -0.4 is 4.90 Å². The van der Waals surface area contributed by atoms with Crippen LogP contribution >= 0.6 is 11.8 Å². The number of anilines is 2. The first-order chi connectivity index (χ1) is 13.4. The van der Waals surface area contributed by atoms with Gasteiger partial charge in [0.1, 0.15) is 0 Å². The maximum absolute atomic E-state index is 13.3. The van der Waals surface area contributed by atoms with Gasteiger partial charge < -0.3 is 14.7 Å². The molecule has 0 saturated heterocycles. The summed E-state index contributed by atoms with van der Waals surface area (Å²) in [4.78, 5) is 7.97. The van der Waals surface area contributed by atoms with Crippen LogP contribution in [-0.4, -0.2) is 29.9 Å². The predicted molar refractivity (Wildman–Crippen MR) is 106 cm³/mol. The largest absolute Gasteiger partial charge is 0.416 e. The highest BCUT2D eigenvalue weighted by atomic mass is 32.2. The third-order valence-electron chi connectivity index (χ3n) is 4.74. The van der Waals surface area contributed by atoms with E-state index in [4.69, 9.17) is 0 Å². The van der Waals surface area contributed by atoms with E-state index in [-0.39, 0.29) is 0 Å². The summed E-state index contributed by atoms with van der Waals surface area (Å²) in [6, 6.07) is 11.9. The maximum Gasteiger partial charge on any atom is 0.416 e. The van der Waals surface area contributed by atoms with Crippen molar-refractivity contribution in [3.8, 4) is 0 Å². The molecule has 4 rings (SSSR count). The van der Waals surface area contributed by atoms with E-state index in [2.05, 4.69) is 4.90 Å². The van der Waals surface area contributed by atoms with Gasteiger partial charge in [0, 0.05) is 54.7 Å². The number of benzene rings is 2. The number of alkyl halides is 3. The zero-order valence-electron chi connectivity index (χ0n) is 15.4. The molecule has 2 aliphatic rings. The monoisotopic (exact) mass is 403 g/mol. The normalized spacial score (nSPS) is 15.6. The Labute approximate surface area is 166 Å². The summed E-state index contributed by atoms with van der Waals surface area (Å²) in [5, 5.41) is 0. The van der Waals surface area contributed by atoms with Crippen molar-refractivity contribution < 1.29 is 13.2 Å². The molecule has 0 amide bonds. The van der Waals surface area contributed by atoms with Gasteiger partial charge >= 0.3 is 6.18 Å². The van der Waals surface area contributed by atoms with Gasteiger partial charge in [-0.05, 0) is 36.8 Å². The highest BCUT2D eigenvalue weighted by Gasteiger charge is 2.33. The Morgan fingerprint density at radius 3 is 2.32 bits per heavy atom. The fraction of sp³-hybridized carbons (Fsp3) is 0.238. The van der Waals surface area contributed by atoms with Crippen molar-refractivity contribution in [2.24, 2.45) is 0 Å². The number of hydrogen-bond donors (Lipinski definition) is 0. The fourth-order valence-electron chi connectivity index (χ4n) is 3.29. The Morgan fingerprint density at radius 2 is 1.57 bits per heavy atom. The third-order valence-corrected chi connectivity index (χ3v) is 5.87. The van der Waals surface area contributed by atoms with Crippen LogP contribution in [0.5, 0.6) is 0 Å². The van der Waals surface area contributed by atoms with Crippen LogP contribution in [0.25, 0.3) is 0 Å². The van der Waals surface area contributed by atoms with Gasteiger partial charge in [0.15, 0.2) is 0 Å². The second kappa shape index (κ2) is 7.47. The van der Waals surface area contributed by atoms with Crippen molar-refractivity contribution in [3.63, 3.8) is 0 Å². The predicted octanol–water partition coefficient (Wildman–Crippen LogP) is 5.89. The molecule has 146 valence electrons. The number of halogens is 3. The molecule has 0 bridgehead atoms. The molecule has 28 heavy (non-hydrogen) atoms. The Bertz CT molecular complexity index is 909. The molecule has 0 fully saturated rings. The standard InChI is InChI=1S/C21H20F3N3S/c1-25-11-13-26(14-12-25)9-4-10-27-17-5-2-3-6-19(17)28-20-8-7-16(15-18(20)27)21(22,23)24/h2-3,5-8,11-15H,4,9-10H2,1H3. The lowest BCUT2D eigenvalue weighted by molar-refractivity contribution is -0.137. The molecular weight excluding hydrogens is 383 g/mol. The van der Waals surface area contributed by atoms with Gasteiger partial charge in [-0.25, -0.2) is 0 Å². The highest BCUT2D eigenvalue weighted by molar-refractivity contribution is 7.99. The van der Waals surface area contributed by atoms with E-state index in [0.717, 1.165) is 34.5 Å². The van der Waals surface area contributed by atoms with Crippen molar-refractivity contribution in [1.29, 1.82) is 0 Å². The molecule has 3 nitrogen and oxygen atoms in total. The van der Waals surface area contributed by atoms with Gasteiger partial charge in [-0.1, -0.05) is 23.9 Å². The molecule has 0 atom stereocenters. The topological polar surface area (TPSA) is 9.72 Å². The van der Waals surface area contributed by atoms with E-state index in [0.29, 0.717) is 12.2 Å². The molecule has 7 heteroatoms. The molecule has 2 aliphatic heterocycles. The first kappa shape index (κ1) is 18.8. The summed E-state index contributed by atoms with van der Waals surface area (Å²) in [5.41, 5.74) is 0.980. The zero-order chi connectivity index (χ0) is 19.7. The smallest absolute Gasteiger partial charge is 0.354 e. The lowest BCUT2D eigenvalue weighted by Gasteiger charge is -2.34. The average molecular weight is 403 g/mol. The van der Waals surface area contributed by atoms with Gasteiger partial charge in [-0.15, -0.1) is 0 Å². The van der Waals surface area contributed by atoms with Crippen molar-refractivity contribution >= 4 is 23.1 Å². The second-order valence-corrected chi connectivity index (χ2v) is 7.84. The molecule has 0 radical (unpaired) electrons. The van der Waals surface area contributed by atoms with Crippen LogP contribution in [0.1, 0.15) is 12.0 Å². The molecule has 2 aromatic rings. The van der Waals surface area contributed by atoms with Gasteiger partial charge in [-0.3, -0.25) is 0 Å². The Kier molecular flexibility index (Phi) is 5.02. The van der Waals surface area contributed by atoms with Crippen LogP contribution in [0, 0.1) is 0 Å². The molecule has 0 aliphatic carbocycles. The first-order valence-electron chi connectivity index (χ1n) is 9.02. The minimum Gasteiger partial charge on any atom is -0.354 e. The number of para-hydroxylation sites is 1. The van der Waals surface area contributed by atoms with E-state index in [1.54, 1.807) is 6.07 Å². The molecule has 2 aromatic carbocycles. The Balaban J connectivity index is 1.58. The lowest BCUT2D eigenvalue weighted by Crippen LogP contribution is -2.26. The summed E-state index contributed by atoms with van der Waals surface area (Å²) >= 11 is 1.52. The number of fused-ring (bicyclic) bond motifs is 2. The summed E-state index contributed by atoms with van der Waals surface area (Å²) in [6.07, 6.45) is 4.39. The Hall–Kier alpha value is -2.54. The second-order valence-electron chi connectivity index (χ2n) is 6.75. The molecule has 0 unspecified atom stereocenters. The summed E-state index contributed by atoms with van der Waals surface area (Å²) in [5.74, 6) is 0. The van der Waals surface area contributed by atoms with E-state index in [1.807, 2.05) is 65.9 Å². The third kappa shape index (κ3) is 3.85. The van der Waals surface area contributed by atoms with Gasteiger partial charge in [0.25, 0.3) is 0 Å². The Morgan fingerprint density at radius 1 is 0.857 bits per heavy atom. The van der Waals surface area contributed by atoms with Crippen LogP contribution in [-0.2, 0) is 6.18 Å². The highest BCUT2D eigenvalue weighted by Crippen LogP contribution is 2.49. The summed E-state index contributed by atoms with van der Waals surface area (Å²) in [7, 11) is 1.96. The number of hydrogen-bond acceptors (Lipinski definition) is 4. The SMILES string of the molecule is CN1C=CN(CCCN2c3ccccc3Sc3ccc(C(F)(F)F)cc32)C=C1. The van der Waals surface area contributed by atoms with Crippen LogP contribution in [0.2, 0.25) is 0 Å². The molecular formula is C21H20F3N3S. The maximum atomic E-state index is 13.3. The molecule has 0 N–H and O–H groups in total. The molecule has 0 saturated carbocycles. The summed E-state index contributed by atoms with van der Waals surface area (Å²) < 4.78 is 39.8. The van der Waals surface area contributed by atoms with Gasteiger partial charge in [0.2, 0.25) is 0 Å². The number of nitrogens with zero attached hydrogens (tertiary/aromatic N) is 3. The fourth-order valence-corrected chi connectivity index (χ4v) is 4.36.